The molecule has 1 aromatic carbocycles. The molecule has 116 valence electrons. The molecule has 22 heavy (non-hydrogen) atoms. The minimum Gasteiger partial charge on any atom is -0.461 e. The van der Waals surface area contributed by atoms with E-state index in [9.17, 15) is 14.0 Å². The Morgan fingerprint density at radius 3 is 2.86 bits per heavy atom. The quantitative estimate of drug-likeness (QED) is 0.661. The van der Waals surface area contributed by atoms with Gasteiger partial charge in [0.05, 0.1) is 6.04 Å². The van der Waals surface area contributed by atoms with Crippen molar-refractivity contribution in [3.8, 4) is 0 Å². The largest absolute Gasteiger partial charge is 0.461 e. The zero-order valence-electron chi connectivity index (χ0n) is 11.6. The average Bonchev–Trinajstić information content (AvgIpc) is 2.44. The van der Waals surface area contributed by atoms with Gasteiger partial charge < -0.3 is 15.4 Å². The van der Waals surface area contributed by atoms with Crippen molar-refractivity contribution in [1.29, 1.82) is 0 Å². The number of rotatable bonds is 4. The number of amides is 2. The van der Waals surface area contributed by atoms with E-state index in [0.717, 1.165) is 0 Å². The first kappa shape index (κ1) is 16.0. The lowest BCUT2D eigenvalue weighted by Crippen LogP contribution is -2.51. The summed E-state index contributed by atoms with van der Waals surface area (Å²) in [6.45, 7) is 7.09. The maximum absolute atomic E-state index is 14.1. The Hall–Kier alpha value is -2.34. The van der Waals surface area contributed by atoms with Crippen LogP contribution < -0.4 is 10.6 Å². The topological polar surface area (TPSA) is 67.4 Å². The molecular formula is C15H14ClFN2O3. The number of urea groups is 1. The standard InChI is InChI=1S/C15H14ClFN2O3/c1-3-7-22-14(20)11-8(2)18-15(21)19-13(11)12-9(16)5-4-6-10(12)17/h3-6,11,13H,1-2,7H2,(H2,18,19,21)/t11-,13-/m1/s1. The zero-order valence-corrected chi connectivity index (χ0v) is 12.3. The normalized spacial score (nSPS) is 20.8. The molecule has 1 aliphatic rings. The fraction of sp³-hybridized carbons (Fsp3) is 0.200. The third-order valence-corrected chi connectivity index (χ3v) is 3.51. The first-order chi connectivity index (χ1) is 10.5. The minimum absolute atomic E-state index is 0.00567. The summed E-state index contributed by atoms with van der Waals surface area (Å²) in [6, 6.07) is 2.51. The molecular weight excluding hydrogens is 311 g/mol. The highest BCUT2D eigenvalue weighted by Crippen LogP contribution is 2.35. The molecule has 0 aliphatic carbocycles. The maximum Gasteiger partial charge on any atom is 0.319 e. The van der Waals surface area contributed by atoms with Crippen LogP contribution in [0.25, 0.3) is 0 Å². The van der Waals surface area contributed by atoms with Gasteiger partial charge in [0.15, 0.2) is 0 Å². The second kappa shape index (κ2) is 6.62. The summed E-state index contributed by atoms with van der Waals surface area (Å²) in [5, 5.41) is 4.98. The van der Waals surface area contributed by atoms with Crippen molar-refractivity contribution in [3.05, 3.63) is 59.5 Å². The number of carbonyl (C=O) groups excluding carboxylic acids is 2. The number of benzene rings is 1. The number of carbonyl (C=O) groups is 2. The predicted octanol–water partition coefficient (Wildman–Crippen LogP) is 2.69. The van der Waals surface area contributed by atoms with Gasteiger partial charge >= 0.3 is 12.0 Å². The zero-order chi connectivity index (χ0) is 16.3. The molecule has 1 fully saturated rings. The van der Waals surface area contributed by atoms with Crippen LogP contribution in [0.15, 0.2) is 43.1 Å². The molecule has 0 aromatic heterocycles. The van der Waals surface area contributed by atoms with Crippen molar-refractivity contribution in [2.75, 3.05) is 6.61 Å². The van der Waals surface area contributed by atoms with E-state index in [4.69, 9.17) is 16.3 Å². The van der Waals surface area contributed by atoms with Gasteiger partial charge in [-0.2, -0.15) is 0 Å². The van der Waals surface area contributed by atoms with Crippen molar-refractivity contribution in [2.45, 2.75) is 6.04 Å². The molecule has 2 atom stereocenters. The highest BCUT2D eigenvalue weighted by atomic mass is 35.5. The summed E-state index contributed by atoms with van der Waals surface area (Å²) in [5.74, 6) is -2.30. The number of nitrogens with one attached hydrogen (secondary N) is 2. The van der Waals surface area contributed by atoms with Crippen LogP contribution in [0.5, 0.6) is 0 Å². The number of halogens is 2. The molecule has 1 aliphatic heterocycles. The van der Waals surface area contributed by atoms with Gasteiger partial charge in [0, 0.05) is 16.3 Å². The molecule has 2 N–H and O–H groups in total. The van der Waals surface area contributed by atoms with Crippen LogP contribution in [0.1, 0.15) is 11.6 Å². The van der Waals surface area contributed by atoms with E-state index in [1.807, 2.05) is 0 Å². The first-order valence-electron chi connectivity index (χ1n) is 6.43. The Bertz CT molecular complexity index is 627. The number of ether oxygens (including phenoxy) is 1. The molecule has 1 saturated heterocycles. The van der Waals surface area contributed by atoms with Gasteiger partial charge in [-0.1, -0.05) is 36.9 Å². The molecule has 2 rings (SSSR count). The molecule has 7 heteroatoms. The third kappa shape index (κ3) is 3.12. The highest BCUT2D eigenvalue weighted by Gasteiger charge is 2.40. The average molecular weight is 325 g/mol. The smallest absolute Gasteiger partial charge is 0.319 e. The van der Waals surface area contributed by atoms with Gasteiger partial charge in [0.2, 0.25) is 0 Å². The van der Waals surface area contributed by atoms with Crippen molar-refractivity contribution >= 4 is 23.6 Å². The number of hydrogen-bond donors (Lipinski definition) is 2. The Kier molecular flexibility index (Phi) is 4.82. The van der Waals surface area contributed by atoms with Crippen molar-refractivity contribution in [2.24, 2.45) is 5.92 Å². The number of hydrogen-bond acceptors (Lipinski definition) is 3. The van der Waals surface area contributed by atoms with Crippen molar-refractivity contribution in [1.82, 2.24) is 10.6 Å². The summed E-state index contributed by atoms with van der Waals surface area (Å²) in [4.78, 5) is 23.8. The van der Waals surface area contributed by atoms with E-state index in [0.29, 0.717) is 0 Å². The Morgan fingerprint density at radius 1 is 1.50 bits per heavy atom. The van der Waals surface area contributed by atoms with Gasteiger partial charge in [-0.15, -0.1) is 0 Å². The van der Waals surface area contributed by atoms with Crippen molar-refractivity contribution in [3.63, 3.8) is 0 Å². The molecule has 2 amide bonds. The molecule has 0 bridgehead atoms. The summed E-state index contributed by atoms with van der Waals surface area (Å²) < 4.78 is 19.1. The maximum atomic E-state index is 14.1. The fourth-order valence-electron chi connectivity index (χ4n) is 2.24. The van der Waals surface area contributed by atoms with E-state index in [-0.39, 0.29) is 22.9 Å². The van der Waals surface area contributed by atoms with Crippen LogP contribution >= 0.6 is 11.6 Å². The summed E-state index contributed by atoms with van der Waals surface area (Å²) in [6.07, 6.45) is 1.40. The van der Waals surface area contributed by atoms with Crippen molar-refractivity contribution < 1.29 is 18.7 Å². The molecule has 5 nitrogen and oxygen atoms in total. The molecule has 0 spiro atoms. The van der Waals surface area contributed by atoms with E-state index in [2.05, 4.69) is 23.8 Å². The van der Waals surface area contributed by atoms with Gasteiger partial charge in [-0.25, -0.2) is 9.18 Å². The minimum atomic E-state index is -1.01. The molecule has 1 aromatic rings. The van der Waals surface area contributed by atoms with Crippen LogP contribution in [0.3, 0.4) is 0 Å². The van der Waals surface area contributed by atoms with E-state index < -0.39 is 29.8 Å². The SMILES string of the molecule is C=CCOC(=O)[C@@H]1C(=C)NC(=O)N[C@H]1c1c(F)cccc1Cl. The lowest BCUT2D eigenvalue weighted by atomic mass is 9.88. The van der Waals surface area contributed by atoms with Gasteiger partial charge in [0.1, 0.15) is 18.3 Å². The second-order valence-electron chi connectivity index (χ2n) is 4.63. The third-order valence-electron chi connectivity index (χ3n) is 3.18. The molecule has 0 unspecified atom stereocenters. The summed E-state index contributed by atoms with van der Waals surface area (Å²) >= 11 is 6.02. The van der Waals surface area contributed by atoms with Crippen LogP contribution in [-0.4, -0.2) is 18.6 Å². The van der Waals surface area contributed by atoms with E-state index in [1.165, 1.54) is 24.3 Å². The van der Waals surface area contributed by atoms with Crippen LogP contribution in [-0.2, 0) is 9.53 Å². The van der Waals surface area contributed by atoms with Gasteiger partial charge in [-0.3, -0.25) is 4.79 Å². The Morgan fingerprint density at radius 2 is 2.23 bits per heavy atom. The first-order valence-corrected chi connectivity index (χ1v) is 6.81. The van der Waals surface area contributed by atoms with Crippen LogP contribution in [0.4, 0.5) is 9.18 Å². The monoisotopic (exact) mass is 324 g/mol. The van der Waals surface area contributed by atoms with Crippen LogP contribution in [0, 0.1) is 11.7 Å². The molecule has 0 radical (unpaired) electrons. The molecule has 1 heterocycles. The highest BCUT2D eigenvalue weighted by molar-refractivity contribution is 6.31. The van der Waals surface area contributed by atoms with Crippen LogP contribution in [0.2, 0.25) is 5.02 Å². The second-order valence-corrected chi connectivity index (χ2v) is 5.04. The predicted molar refractivity (Wildman–Crippen MR) is 79.6 cm³/mol. The summed E-state index contributed by atoms with van der Waals surface area (Å²) in [5.41, 5.74) is 0.128. The lowest BCUT2D eigenvalue weighted by Gasteiger charge is -2.33. The van der Waals surface area contributed by atoms with E-state index >= 15 is 0 Å². The van der Waals surface area contributed by atoms with Gasteiger partial charge in [-0.05, 0) is 12.1 Å². The number of esters is 1. The lowest BCUT2D eigenvalue weighted by molar-refractivity contribution is -0.147. The summed E-state index contributed by atoms with van der Waals surface area (Å²) in [7, 11) is 0. The Balaban J connectivity index is 2.43. The fourth-order valence-corrected chi connectivity index (χ4v) is 2.52. The van der Waals surface area contributed by atoms with E-state index in [1.54, 1.807) is 0 Å². The van der Waals surface area contributed by atoms with Gasteiger partial charge in [0.25, 0.3) is 0 Å². The molecule has 0 saturated carbocycles. The Labute approximate surface area is 131 Å².